The zero-order chi connectivity index (χ0) is 22.8. The highest BCUT2D eigenvalue weighted by atomic mass is 32.2. The zero-order valence-corrected chi connectivity index (χ0v) is 23.8. The summed E-state index contributed by atoms with van der Waals surface area (Å²) in [6.07, 6.45) is 11.9. The maximum Gasteiger partial charge on any atom is 0.0285 e. The van der Waals surface area contributed by atoms with E-state index in [-0.39, 0.29) is 0 Å². The molecule has 4 aromatic rings. The summed E-state index contributed by atoms with van der Waals surface area (Å²) in [4.78, 5) is 14.8. The first-order valence-electron chi connectivity index (χ1n) is 11.7. The SMILES string of the molecule is Cc1ccc(/C=C/c2cc3c(s2)C2CC4Sc5cc(/C=C/c6ccc(C)s6)sc5C4CC2S3)s1. The molecule has 3 aliphatic rings. The molecule has 6 heteroatoms. The van der Waals surface area contributed by atoms with Crippen LogP contribution in [0.4, 0.5) is 0 Å². The fraction of sp³-hybridized carbons (Fsp3) is 0.286. The van der Waals surface area contributed by atoms with Crippen molar-refractivity contribution in [1.29, 1.82) is 0 Å². The lowest BCUT2D eigenvalue weighted by Crippen LogP contribution is -2.28. The van der Waals surface area contributed by atoms with E-state index in [1.54, 1.807) is 19.5 Å². The molecule has 172 valence electrons. The van der Waals surface area contributed by atoms with Crippen molar-refractivity contribution >= 4 is 93.2 Å². The Hall–Kier alpha value is -1.02. The Bertz CT molecular complexity index is 1310. The largest absolute Gasteiger partial charge is 0.141 e. The normalized spacial score (nSPS) is 25.2. The van der Waals surface area contributed by atoms with Gasteiger partial charge in [-0.15, -0.1) is 68.9 Å². The van der Waals surface area contributed by atoms with E-state index < -0.39 is 0 Å². The topological polar surface area (TPSA) is 0 Å². The Morgan fingerprint density at radius 3 is 1.44 bits per heavy atom. The Labute approximate surface area is 225 Å². The molecule has 1 fully saturated rings. The van der Waals surface area contributed by atoms with Gasteiger partial charge in [0.15, 0.2) is 0 Å². The summed E-state index contributed by atoms with van der Waals surface area (Å²) in [7, 11) is 0. The second-order valence-corrected chi connectivity index (χ2v) is 16.7. The number of thioether (sulfide) groups is 2. The molecule has 0 N–H and O–H groups in total. The molecule has 34 heavy (non-hydrogen) atoms. The molecule has 6 heterocycles. The molecule has 7 rings (SSSR count). The monoisotopic (exact) mass is 552 g/mol. The summed E-state index contributed by atoms with van der Waals surface area (Å²) < 4.78 is 0. The molecule has 0 spiro atoms. The average Bonchev–Trinajstić information content (AvgIpc) is 3.62. The van der Waals surface area contributed by atoms with Gasteiger partial charge in [0.25, 0.3) is 0 Å². The van der Waals surface area contributed by atoms with Gasteiger partial charge in [0.1, 0.15) is 0 Å². The molecular weight excluding hydrogens is 529 g/mol. The lowest BCUT2D eigenvalue weighted by molar-refractivity contribution is 0.435. The van der Waals surface area contributed by atoms with Gasteiger partial charge in [-0.1, -0.05) is 0 Å². The van der Waals surface area contributed by atoms with Crippen LogP contribution in [0.15, 0.2) is 46.2 Å². The van der Waals surface area contributed by atoms with Crippen LogP contribution in [0.3, 0.4) is 0 Å². The summed E-state index contributed by atoms with van der Waals surface area (Å²) in [5.41, 5.74) is 0. The Kier molecular flexibility index (Phi) is 5.76. The van der Waals surface area contributed by atoms with E-state index in [1.165, 1.54) is 42.1 Å². The third-order valence-corrected chi connectivity index (χ3v) is 14.4. The van der Waals surface area contributed by atoms with E-state index in [9.17, 15) is 0 Å². The smallest absolute Gasteiger partial charge is 0.0285 e. The van der Waals surface area contributed by atoms with Crippen molar-refractivity contribution in [3.05, 3.63) is 75.4 Å². The summed E-state index contributed by atoms with van der Waals surface area (Å²) in [6.45, 7) is 4.36. The lowest BCUT2D eigenvalue weighted by atomic mass is 9.80. The third-order valence-electron chi connectivity index (χ3n) is 6.93. The van der Waals surface area contributed by atoms with Gasteiger partial charge in [-0.2, -0.15) is 0 Å². The average molecular weight is 553 g/mol. The predicted octanol–water partition coefficient (Wildman–Crippen LogP) is 10.5. The molecule has 4 unspecified atom stereocenters. The lowest BCUT2D eigenvalue weighted by Gasteiger charge is -2.33. The summed E-state index contributed by atoms with van der Waals surface area (Å²) in [6, 6.07) is 13.8. The van der Waals surface area contributed by atoms with E-state index in [4.69, 9.17) is 0 Å². The highest BCUT2D eigenvalue weighted by molar-refractivity contribution is 8.01. The molecule has 0 amide bonds. The van der Waals surface area contributed by atoms with E-state index in [0.29, 0.717) is 0 Å². The molecule has 1 aliphatic carbocycles. The Morgan fingerprint density at radius 2 is 1.03 bits per heavy atom. The van der Waals surface area contributed by atoms with E-state index in [2.05, 4.69) is 98.1 Å². The number of hydrogen-bond donors (Lipinski definition) is 0. The molecule has 2 aliphatic heterocycles. The van der Waals surface area contributed by atoms with Crippen molar-refractivity contribution in [2.24, 2.45) is 0 Å². The molecule has 0 aromatic carbocycles. The molecule has 0 nitrogen and oxygen atoms in total. The maximum atomic E-state index is 2.45. The minimum Gasteiger partial charge on any atom is -0.141 e. The van der Waals surface area contributed by atoms with Crippen molar-refractivity contribution in [1.82, 2.24) is 0 Å². The molecular formula is C28H24S6. The first kappa shape index (κ1) is 22.2. The second-order valence-electron chi connectivity index (χ2n) is 9.32. The molecule has 0 saturated heterocycles. The van der Waals surface area contributed by atoms with Gasteiger partial charge in [0, 0.05) is 71.1 Å². The fourth-order valence-corrected chi connectivity index (χ4v) is 13.1. The van der Waals surface area contributed by atoms with Gasteiger partial charge in [0.05, 0.1) is 0 Å². The molecule has 0 radical (unpaired) electrons. The maximum absolute atomic E-state index is 2.45. The fourth-order valence-electron chi connectivity index (χ4n) is 5.36. The molecule has 4 atom stereocenters. The Balaban J connectivity index is 1.06. The van der Waals surface area contributed by atoms with Crippen LogP contribution >= 0.6 is 68.9 Å². The highest BCUT2D eigenvalue weighted by Gasteiger charge is 2.48. The van der Waals surface area contributed by atoms with E-state index >= 15 is 0 Å². The quantitative estimate of drug-likeness (QED) is 0.247. The van der Waals surface area contributed by atoms with E-state index in [0.717, 1.165) is 22.3 Å². The molecule has 0 bridgehead atoms. The highest BCUT2D eigenvalue weighted by Crippen LogP contribution is 2.63. The van der Waals surface area contributed by atoms with Gasteiger partial charge >= 0.3 is 0 Å². The predicted molar refractivity (Wildman–Crippen MR) is 159 cm³/mol. The summed E-state index contributed by atoms with van der Waals surface area (Å²) >= 11 is 12.2. The van der Waals surface area contributed by atoms with Crippen molar-refractivity contribution in [3.8, 4) is 0 Å². The minimum absolute atomic E-state index is 0.750. The molecule has 1 saturated carbocycles. The second kappa shape index (κ2) is 8.82. The van der Waals surface area contributed by atoms with Crippen molar-refractivity contribution in [3.63, 3.8) is 0 Å². The van der Waals surface area contributed by atoms with Crippen LogP contribution in [0.25, 0.3) is 24.3 Å². The van der Waals surface area contributed by atoms with Gasteiger partial charge in [-0.25, -0.2) is 0 Å². The van der Waals surface area contributed by atoms with Crippen molar-refractivity contribution < 1.29 is 0 Å². The van der Waals surface area contributed by atoms with Crippen molar-refractivity contribution in [2.45, 2.75) is 58.8 Å². The number of fused-ring (bicyclic) bond motifs is 6. The van der Waals surface area contributed by atoms with Crippen LogP contribution in [-0.4, -0.2) is 10.5 Å². The summed E-state index contributed by atoms with van der Waals surface area (Å²) in [5.74, 6) is 1.50. The Morgan fingerprint density at radius 1 is 0.588 bits per heavy atom. The van der Waals surface area contributed by atoms with Crippen LogP contribution in [0, 0.1) is 13.8 Å². The first-order valence-corrected chi connectivity index (χ1v) is 16.7. The minimum atomic E-state index is 0.750. The van der Waals surface area contributed by atoms with E-state index in [1.807, 2.05) is 45.3 Å². The number of hydrogen-bond acceptors (Lipinski definition) is 6. The summed E-state index contributed by atoms with van der Waals surface area (Å²) in [5, 5.41) is 1.53. The van der Waals surface area contributed by atoms with Crippen LogP contribution in [0.2, 0.25) is 0 Å². The van der Waals surface area contributed by atoms with Crippen LogP contribution in [0.5, 0.6) is 0 Å². The van der Waals surface area contributed by atoms with Gasteiger partial charge in [-0.3, -0.25) is 0 Å². The zero-order valence-electron chi connectivity index (χ0n) is 18.9. The number of aryl methyl sites for hydroxylation is 2. The standard InChI is InChI=1S/C28H24S6/c1-15-3-5-17(29-15)7-9-19-11-25-27(31-19)21-13-24-22(14-23(21)33-25)28-26(34-24)12-20(32-28)10-8-18-6-4-16(2)30-18/h3-12,21-24H,13-14H2,1-2H3/b9-7+,10-8+. The van der Waals surface area contributed by atoms with Crippen LogP contribution in [0.1, 0.15) is 63.7 Å². The number of rotatable bonds is 4. The van der Waals surface area contributed by atoms with Gasteiger partial charge < -0.3 is 0 Å². The van der Waals surface area contributed by atoms with Crippen molar-refractivity contribution in [2.75, 3.05) is 0 Å². The number of thiophene rings is 4. The molecule has 4 aromatic heterocycles. The van der Waals surface area contributed by atoms with Gasteiger partial charge in [0.2, 0.25) is 0 Å². The third kappa shape index (κ3) is 4.04. The first-order chi connectivity index (χ1) is 16.6. The van der Waals surface area contributed by atoms with Crippen LogP contribution < -0.4 is 0 Å². The van der Waals surface area contributed by atoms with Gasteiger partial charge in [-0.05, 0) is 87.4 Å². The van der Waals surface area contributed by atoms with Crippen LogP contribution in [-0.2, 0) is 0 Å².